The van der Waals surface area contributed by atoms with E-state index in [-0.39, 0.29) is 23.1 Å². The van der Waals surface area contributed by atoms with Crippen LogP contribution in [0.5, 0.6) is 5.75 Å². The molecule has 2 N–H and O–H groups in total. The van der Waals surface area contributed by atoms with Gasteiger partial charge in [0.05, 0.1) is 11.6 Å². The van der Waals surface area contributed by atoms with Gasteiger partial charge >= 0.3 is 0 Å². The van der Waals surface area contributed by atoms with Crippen molar-refractivity contribution in [3.05, 3.63) is 69.9 Å². The highest BCUT2D eigenvalue weighted by atomic mass is 35.5. The van der Waals surface area contributed by atoms with E-state index in [9.17, 15) is 9.90 Å². The molecule has 146 valence electrons. The van der Waals surface area contributed by atoms with Crippen molar-refractivity contribution in [3.8, 4) is 5.75 Å². The highest BCUT2D eigenvalue weighted by Crippen LogP contribution is 2.30. The van der Waals surface area contributed by atoms with Crippen LogP contribution in [0, 0.1) is 6.92 Å². The van der Waals surface area contributed by atoms with Gasteiger partial charge in [-0.15, -0.1) is 0 Å². The molecule has 0 aliphatic carbocycles. The number of halogens is 1. The second kappa shape index (κ2) is 7.44. The molecule has 0 saturated carbocycles. The molecule has 3 rings (SSSR count). The Hall–Kier alpha value is -2.59. The lowest BCUT2D eigenvalue weighted by molar-refractivity contribution is 0.0940. The van der Waals surface area contributed by atoms with E-state index in [4.69, 9.17) is 16.6 Å². The molecule has 0 spiro atoms. The van der Waals surface area contributed by atoms with Crippen LogP contribution in [0.1, 0.15) is 60.9 Å². The lowest BCUT2D eigenvalue weighted by Gasteiger charge is -2.19. The molecule has 1 heterocycles. The predicted octanol–water partition coefficient (Wildman–Crippen LogP) is 5.69. The van der Waals surface area contributed by atoms with Gasteiger partial charge in [0.15, 0.2) is 0 Å². The fourth-order valence-electron chi connectivity index (χ4n) is 3.07. The van der Waals surface area contributed by atoms with Gasteiger partial charge < -0.3 is 10.4 Å². The van der Waals surface area contributed by atoms with Crippen LogP contribution in [0.4, 0.5) is 0 Å². The summed E-state index contributed by atoms with van der Waals surface area (Å²) in [5.41, 5.74) is 3.91. The maximum atomic E-state index is 12.7. The summed E-state index contributed by atoms with van der Waals surface area (Å²) in [5, 5.41) is 14.1. The number of aromatic hydroxyl groups is 1. The number of aryl methyl sites for hydroxylation is 1. The number of phenolic OH excluding ortho intramolecular Hbond substituents is 1. The number of hydrogen-bond donors (Lipinski definition) is 2. The molecule has 5 heteroatoms. The van der Waals surface area contributed by atoms with Crippen LogP contribution in [-0.2, 0) is 5.41 Å². The van der Waals surface area contributed by atoms with Crippen LogP contribution in [0.3, 0.4) is 0 Å². The predicted molar refractivity (Wildman–Crippen MR) is 114 cm³/mol. The van der Waals surface area contributed by atoms with Crippen molar-refractivity contribution in [2.45, 2.75) is 46.1 Å². The van der Waals surface area contributed by atoms with E-state index >= 15 is 0 Å². The van der Waals surface area contributed by atoms with E-state index < -0.39 is 0 Å². The van der Waals surface area contributed by atoms with Gasteiger partial charge in [0.2, 0.25) is 0 Å². The van der Waals surface area contributed by atoms with Gasteiger partial charge in [0.25, 0.3) is 5.91 Å². The molecule has 0 fully saturated rings. The average molecular weight is 397 g/mol. The van der Waals surface area contributed by atoms with Crippen molar-refractivity contribution >= 4 is 28.4 Å². The minimum absolute atomic E-state index is 0.0266. The van der Waals surface area contributed by atoms with Crippen LogP contribution in [-0.4, -0.2) is 16.0 Å². The molecule has 2 aromatic carbocycles. The lowest BCUT2D eigenvalue weighted by Crippen LogP contribution is -2.26. The number of hydrogen-bond acceptors (Lipinski definition) is 3. The Morgan fingerprint density at radius 3 is 2.54 bits per heavy atom. The number of amides is 1. The van der Waals surface area contributed by atoms with E-state index in [1.165, 1.54) is 6.07 Å². The van der Waals surface area contributed by atoms with Crippen molar-refractivity contribution in [2.24, 2.45) is 0 Å². The third kappa shape index (κ3) is 4.12. The number of benzene rings is 2. The molecule has 4 nitrogen and oxygen atoms in total. The van der Waals surface area contributed by atoms with Crippen LogP contribution >= 0.6 is 11.6 Å². The molecule has 28 heavy (non-hydrogen) atoms. The Morgan fingerprint density at radius 2 is 1.86 bits per heavy atom. The molecular formula is C23H25ClN2O2. The van der Waals surface area contributed by atoms with E-state index in [2.05, 4.69) is 26.1 Å². The van der Waals surface area contributed by atoms with Crippen molar-refractivity contribution in [1.82, 2.24) is 10.3 Å². The molecule has 1 amide bonds. The summed E-state index contributed by atoms with van der Waals surface area (Å²) in [6.45, 7) is 10.0. The first-order chi connectivity index (χ1) is 13.1. The van der Waals surface area contributed by atoms with Gasteiger partial charge in [0, 0.05) is 27.1 Å². The number of rotatable bonds is 3. The van der Waals surface area contributed by atoms with Gasteiger partial charge in [-0.2, -0.15) is 0 Å². The zero-order valence-corrected chi connectivity index (χ0v) is 17.6. The largest absolute Gasteiger partial charge is 0.508 e. The Bertz CT molecular complexity index is 1050. The van der Waals surface area contributed by atoms with Crippen LogP contribution in [0.15, 0.2) is 42.5 Å². The van der Waals surface area contributed by atoms with Crippen LogP contribution in [0.25, 0.3) is 10.9 Å². The second-order valence-corrected chi connectivity index (χ2v) is 8.62. The number of carbonyl (C=O) groups is 1. The number of phenols is 1. The van der Waals surface area contributed by atoms with Crippen molar-refractivity contribution in [3.63, 3.8) is 0 Å². The number of fused-ring (bicyclic) bond motifs is 1. The Kier molecular flexibility index (Phi) is 5.35. The van der Waals surface area contributed by atoms with Gasteiger partial charge in [-0.05, 0) is 61.4 Å². The normalized spacial score (nSPS) is 12.8. The van der Waals surface area contributed by atoms with Gasteiger partial charge in [-0.25, -0.2) is 0 Å². The topological polar surface area (TPSA) is 62.2 Å². The highest BCUT2D eigenvalue weighted by molar-refractivity contribution is 6.31. The quantitative estimate of drug-likeness (QED) is 0.597. The molecular weight excluding hydrogens is 372 g/mol. The Balaban J connectivity index is 1.84. The summed E-state index contributed by atoms with van der Waals surface area (Å²) in [6.07, 6.45) is 0. The maximum absolute atomic E-state index is 12.7. The summed E-state index contributed by atoms with van der Waals surface area (Å²) >= 11 is 6.24. The van der Waals surface area contributed by atoms with Gasteiger partial charge in [-0.3, -0.25) is 9.78 Å². The number of pyridine rings is 1. The smallest absolute Gasteiger partial charge is 0.251 e. The third-order valence-electron chi connectivity index (χ3n) is 4.85. The molecule has 0 radical (unpaired) electrons. The molecule has 0 bridgehead atoms. The van der Waals surface area contributed by atoms with Crippen molar-refractivity contribution < 1.29 is 9.90 Å². The van der Waals surface area contributed by atoms with Gasteiger partial charge in [0.1, 0.15) is 5.75 Å². The minimum atomic E-state index is -0.295. The summed E-state index contributed by atoms with van der Waals surface area (Å²) in [6, 6.07) is 12.5. The number of nitrogens with zero attached hydrogens (tertiary/aromatic N) is 1. The monoisotopic (exact) mass is 396 g/mol. The second-order valence-electron chi connectivity index (χ2n) is 8.21. The fourth-order valence-corrected chi connectivity index (χ4v) is 3.39. The Labute approximate surface area is 170 Å². The Morgan fingerprint density at radius 1 is 1.14 bits per heavy atom. The molecule has 1 unspecified atom stereocenters. The summed E-state index contributed by atoms with van der Waals surface area (Å²) in [4.78, 5) is 17.4. The number of nitrogens with one attached hydrogen (secondary N) is 1. The number of aromatic nitrogens is 1. The van der Waals surface area contributed by atoms with Crippen molar-refractivity contribution in [1.29, 1.82) is 0 Å². The van der Waals surface area contributed by atoms with E-state index in [0.29, 0.717) is 16.1 Å². The summed E-state index contributed by atoms with van der Waals surface area (Å²) < 4.78 is 0. The minimum Gasteiger partial charge on any atom is -0.508 e. The standard InChI is InChI=1S/C23H25ClN2O2/c1-13-10-17(18(24)12-20(13)27)14(2)25-22(28)16-6-8-19-15(11-16)7-9-21(26-19)23(3,4)5/h6-12,14,27H,1-5H3,(H,25,28). The number of carbonyl (C=O) groups excluding carboxylic acids is 1. The first-order valence-electron chi connectivity index (χ1n) is 9.27. The summed E-state index contributed by atoms with van der Waals surface area (Å²) in [5.74, 6) is -0.0416. The average Bonchev–Trinajstić information content (AvgIpc) is 2.62. The first-order valence-corrected chi connectivity index (χ1v) is 9.65. The maximum Gasteiger partial charge on any atom is 0.251 e. The fraction of sp³-hybridized carbons (Fsp3) is 0.304. The van der Waals surface area contributed by atoms with Crippen molar-refractivity contribution in [2.75, 3.05) is 0 Å². The third-order valence-corrected chi connectivity index (χ3v) is 5.18. The highest BCUT2D eigenvalue weighted by Gasteiger charge is 2.18. The first kappa shape index (κ1) is 20.2. The SMILES string of the molecule is Cc1cc(C(C)NC(=O)c2ccc3nc(C(C)(C)C)ccc3c2)c(Cl)cc1O. The zero-order chi connectivity index (χ0) is 20.6. The van der Waals surface area contributed by atoms with E-state index in [1.54, 1.807) is 19.1 Å². The zero-order valence-electron chi connectivity index (χ0n) is 16.8. The van der Waals surface area contributed by atoms with E-state index in [1.807, 2.05) is 31.2 Å². The molecule has 0 aliphatic heterocycles. The molecule has 0 aliphatic rings. The molecule has 1 aromatic heterocycles. The summed E-state index contributed by atoms with van der Waals surface area (Å²) in [7, 11) is 0. The van der Waals surface area contributed by atoms with Gasteiger partial charge in [-0.1, -0.05) is 38.4 Å². The molecule has 1 atom stereocenters. The van der Waals surface area contributed by atoms with Crippen LogP contribution < -0.4 is 5.32 Å². The lowest BCUT2D eigenvalue weighted by atomic mass is 9.91. The molecule has 0 saturated heterocycles. The molecule has 3 aromatic rings. The van der Waals surface area contributed by atoms with Crippen LogP contribution in [0.2, 0.25) is 5.02 Å². The van der Waals surface area contributed by atoms with E-state index in [0.717, 1.165) is 22.2 Å².